The summed E-state index contributed by atoms with van der Waals surface area (Å²) in [5.74, 6) is 0.236. The van der Waals surface area contributed by atoms with Crippen LogP contribution in [0.1, 0.15) is 45.4 Å². The van der Waals surface area contributed by atoms with E-state index in [1.807, 2.05) is 6.07 Å². The van der Waals surface area contributed by atoms with E-state index in [2.05, 4.69) is 16.0 Å². The molecule has 1 aromatic carbocycles. The Kier molecular flexibility index (Phi) is 6.38. The van der Waals surface area contributed by atoms with Crippen molar-refractivity contribution in [2.45, 2.75) is 57.5 Å². The number of hydrogen-bond donors (Lipinski definition) is 3. The number of hydrogen-bond acceptors (Lipinski definition) is 5. The van der Waals surface area contributed by atoms with E-state index in [9.17, 15) is 14.4 Å². The Morgan fingerprint density at radius 3 is 2.61 bits per heavy atom. The number of rotatable bonds is 6. The Morgan fingerprint density at radius 1 is 1.21 bits per heavy atom. The van der Waals surface area contributed by atoms with Crippen LogP contribution in [-0.2, 0) is 9.59 Å². The average Bonchev–Trinajstić information content (AvgIpc) is 3.33. The maximum Gasteiger partial charge on any atom is 0.321 e. The van der Waals surface area contributed by atoms with Gasteiger partial charge in [0.15, 0.2) is 0 Å². The third-order valence-electron chi connectivity index (χ3n) is 5.25. The minimum Gasteiger partial charge on any atom is -0.494 e. The lowest BCUT2D eigenvalue weighted by Crippen LogP contribution is -2.48. The highest BCUT2D eigenvalue weighted by molar-refractivity contribution is 5.99. The number of ether oxygens (including phenoxy) is 1. The molecule has 1 aromatic rings. The third-order valence-corrected chi connectivity index (χ3v) is 5.25. The van der Waals surface area contributed by atoms with Crippen LogP contribution in [0.5, 0.6) is 5.75 Å². The molecule has 1 saturated heterocycles. The van der Waals surface area contributed by atoms with Gasteiger partial charge in [-0.15, -0.1) is 0 Å². The second-order valence-corrected chi connectivity index (χ2v) is 7.35. The van der Waals surface area contributed by atoms with E-state index in [1.165, 1.54) is 0 Å². The molecule has 0 unspecified atom stereocenters. The van der Waals surface area contributed by atoms with Gasteiger partial charge in [-0.05, 0) is 38.3 Å². The van der Waals surface area contributed by atoms with Crippen molar-refractivity contribution in [2.24, 2.45) is 0 Å². The Labute approximate surface area is 165 Å². The highest BCUT2D eigenvalue weighted by Crippen LogP contribution is 2.34. The molecular weight excluding hydrogens is 360 g/mol. The molecule has 8 heteroatoms. The lowest BCUT2D eigenvalue weighted by molar-refractivity contribution is -0.120. The van der Waals surface area contributed by atoms with Crippen molar-refractivity contribution in [3.05, 3.63) is 18.2 Å². The van der Waals surface area contributed by atoms with Gasteiger partial charge < -0.3 is 20.3 Å². The summed E-state index contributed by atoms with van der Waals surface area (Å²) in [6.45, 7) is 2.36. The molecule has 0 spiro atoms. The van der Waals surface area contributed by atoms with Gasteiger partial charge in [0, 0.05) is 30.8 Å². The van der Waals surface area contributed by atoms with Crippen molar-refractivity contribution in [1.29, 1.82) is 0 Å². The normalized spacial score (nSPS) is 18.1. The van der Waals surface area contributed by atoms with Crippen molar-refractivity contribution in [3.63, 3.8) is 0 Å². The fourth-order valence-corrected chi connectivity index (χ4v) is 3.72. The molecule has 0 aromatic heterocycles. The second-order valence-electron chi connectivity index (χ2n) is 7.35. The number of carbonyl (C=O) groups is 3. The summed E-state index contributed by atoms with van der Waals surface area (Å²) in [5.41, 5.74) is 1.40. The maximum absolute atomic E-state index is 12.3. The highest BCUT2D eigenvalue weighted by atomic mass is 16.5. The molecule has 0 radical (unpaired) electrons. The lowest BCUT2D eigenvalue weighted by Gasteiger charge is -2.21. The summed E-state index contributed by atoms with van der Waals surface area (Å²) < 4.78 is 5.43. The van der Waals surface area contributed by atoms with Gasteiger partial charge in [-0.1, -0.05) is 12.8 Å². The highest BCUT2D eigenvalue weighted by Gasteiger charge is 2.25. The number of methoxy groups -OCH3 is 1. The standard InChI is InChI=1S/C20H28N4O4/c1-13(19(26)23-20(27)22-14-6-3-4-7-14)21-15-9-10-16(17(12-15)28-2)24-11-5-8-18(24)25/h9-10,12-14,21H,3-8,11H2,1-2H3,(H2,22,23,26,27)/t13-/m0/s1. The molecule has 1 aliphatic heterocycles. The second kappa shape index (κ2) is 8.95. The fourth-order valence-electron chi connectivity index (χ4n) is 3.72. The number of amides is 4. The van der Waals surface area contributed by atoms with Crippen LogP contribution in [-0.4, -0.2) is 43.6 Å². The van der Waals surface area contributed by atoms with Gasteiger partial charge in [0.25, 0.3) is 0 Å². The molecule has 28 heavy (non-hydrogen) atoms. The van der Waals surface area contributed by atoms with Crippen LogP contribution in [0.15, 0.2) is 18.2 Å². The Hall–Kier alpha value is -2.77. The lowest BCUT2D eigenvalue weighted by atomic mass is 10.2. The largest absolute Gasteiger partial charge is 0.494 e. The molecule has 1 atom stereocenters. The first-order valence-electron chi connectivity index (χ1n) is 9.84. The first kappa shape index (κ1) is 20.0. The van der Waals surface area contributed by atoms with Gasteiger partial charge in [-0.25, -0.2) is 4.79 Å². The minimum atomic E-state index is -0.613. The van der Waals surface area contributed by atoms with Crippen molar-refractivity contribution in [2.75, 3.05) is 23.9 Å². The van der Waals surface area contributed by atoms with Crippen molar-refractivity contribution >= 4 is 29.2 Å². The van der Waals surface area contributed by atoms with Gasteiger partial charge >= 0.3 is 6.03 Å². The molecule has 8 nitrogen and oxygen atoms in total. The number of nitrogens with one attached hydrogen (secondary N) is 3. The van der Waals surface area contributed by atoms with Crippen LogP contribution in [0.2, 0.25) is 0 Å². The third kappa shape index (κ3) is 4.74. The summed E-state index contributed by atoms with van der Waals surface area (Å²) in [6, 6.07) is 4.45. The van der Waals surface area contributed by atoms with Gasteiger partial charge in [-0.3, -0.25) is 14.9 Å². The molecule has 3 rings (SSSR count). The first-order valence-corrected chi connectivity index (χ1v) is 9.84. The van der Waals surface area contributed by atoms with Gasteiger partial charge in [0.05, 0.1) is 12.8 Å². The molecule has 2 aliphatic rings. The van der Waals surface area contributed by atoms with E-state index in [4.69, 9.17) is 4.74 Å². The number of carbonyl (C=O) groups excluding carboxylic acids is 3. The number of nitrogens with zero attached hydrogens (tertiary/aromatic N) is 1. The molecule has 0 bridgehead atoms. The Morgan fingerprint density at radius 2 is 1.96 bits per heavy atom. The molecule has 4 amide bonds. The van der Waals surface area contributed by atoms with Crippen LogP contribution in [0.3, 0.4) is 0 Å². The molecule has 2 fully saturated rings. The number of benzene rings is 1. The van der Waals surface area contributed by atoms with Crippen molar-refractivity contribution < 1.29 is 19.1 Å². The van der Waals surface area contributed by atoms with Gasteiger partial charge in [-0.2, -0.15) is 0 Å². The van der Waals surface area contributed by atoms with E-state index in [1.54, 1.807) is 31.1 Å². The number of imide groups is 1. The van der Waals surface area contributed by atoms with Crippen molar-refractivity contribution in [1.82, 2.24) is 10.6 Å². The van der Waals surface area contributed by atoms with E-state index in [-0.39, 0.29) is 11.9 Å². The van der Waals surface area contributed by atoms with Crippen LogP contribution >= 0.6 is 0 Å². The molecule has 152 valence electrons. The van der Waals surface area contributed by atoms with Gasteiger partial charge in [0.1, 0.15) is 11.8 Å². The van der Waals surface area contributed by atoms with Gasteiger partial charge in [0.2, 0.25) is 11.8 Å². The van der Waals surface area contributed by atoms with Crippen LogP contribution < -0.4 is 25.6 Å². The van der Waals surface area contributed by atoms with Crippen molar-refractivity contribution in [3.8, 4) is 5.75 Å². The average molecular weight is 388 g/mol. The van der Waals surface area contributed by atoms with Crippen LogP contribution in [0.25, 0.3) is 0 Å². The smallest absolute Gasteiger partial charge is 0.321 e. The Bertz CT molecular complexity index is 746. The summed E-state index contributed by atoms with van der Waals surface area (Å²) in [4.78, 5) is 37.9. The number of anilines is 2. The van der Waals surface area contributed by atoms with E-state index in [0.717, 1.165) is 37.8 Å². The summed E-state index contributed by atoms with van der Waals surface area (Å²) in [6.07, 6.45) is 5.52. The first-order chi connectivity index (χ1) is 13.5. The minimum absolute atomic E-state index is 0.0834. The maximum atomic E-state index is 12.3. The molecule has 1 aliphatic carbocycles. The molecule has 1 saturated carbocycles. The zero-order valence-electron chi connectivity index (χ0n) is 16.4. The summed E-state index contributed by atoms with van der Waals surface area (Å²) >= 11 is 0. The summed E-state index contributed by atoms with van der Waals surface area (Å²) in [5, 5.41) is 8.28. The van der Waals surface area contributed by atoms with Crippen LogP contribution in [0.4, 0.5) is 16.2 Å². The van der Waals surface area contributed by atoms with E-state index < -0.39 is 18.0 Å². The fraction of sp³-hybridized carbons (Fsp3) is 0.550. The predicted octanol–water partition coefficient (Wildman–Crippen LogP) is 2.39. The SMILES string of the molecule is COc1cc(N[C@@H](C)C(=O)NC(=O)NC2CCCC2)ccc1N1CCCC1=O. The zero-order chi connectivity index (χ0) is 20.1. The van der Waals surface area contributed by atoms with E-state index in [0.29, 0.717) is 24.4 Å². The molecule has 1 heterocycles. The number of urea groups is 1. The van der Waals surface area contributed by atoms with Crippen LogP contribution in [0, 0.1) is 0 Å². The topological polar surface area (TPSA) is 99.8 Å². The van der Waals surface area contributed by atoms with E-state index >= 15 is 0 Å². The molecular formula is C20H28N4O4. The quantitative estimate of drug-likeness (QED) is 0.695. The Balaban J connectivity index is 1.58. The molecule has 3 N–H and O–H groups in total. The zero-order valence-corrected chi connectivity index (χ0v) is 16.4. The summed E-state index contributed by atoms with van der Waals surface area (Å²) in [7, 11) is 1.55. The predicted molar refractivity (Wildman–Crippen MR) is 107 cm³/mol. The monoisotopic (exact) mass is 388 g/mol.